The van der Waals surface area contributed by atoms with Gasteiger partial charge in [-0.3, -0.25) is 0 Å². The second-order valence-electron chi connectivity index (χ2n) is 15.3. The van der Waals surface area contributed by atoms with Crippen LogP contribution < -0.4 is 0 Å². The largest absolute Gasteiger partial charge is 0.0616 e. The third kappa shape index (κ3) is 4.49. The molecule has 10 aromatic rings. The first-order valence-corrected chi connectivity index (χ1v) is 18.7. The van der Waals surface area contributed by atoms with Gasteiger partial charge >= 0.3 is 0 Å². The van der Waals surface area contributed by atoms with Crippen molar-refractivity contribution in [2.24, 2.45) is 0 Å². The van der Waals surface area contributed by atoms with Crippen molar-refractivity contribution in [3.63, 3.8) is 0 Å². The summed E-state index contributed by atoms with van der Waals surface area (Å²) in [5, 5.41) is 12.9. The van der Waals surface area contributed by atoms with E-state index in [0.29, 0.717) is 0 Å². The maximum absolute atomic E-state index is 2.46. The molecule has 0 saturated heterocycles. The van der Waals surface area contributed by atoms with E-state index >= 15 is 0 Å². The number of rotatable bonds is 3. The highest BCUT2D eigenvalue weighted by atomic mass is 14.4. The van der Waals surface area contributed by atoms with Crippen LogP contribution in [0.3, 0.4) is 0 Å². The molecule has 0 N–H and O–H groups in total. The fourth-order valence-electron chi connectivity index (χ4n) is 9.35. The molecule has 0 amide bonds. The predicted octanol–water partition coefficient (Wildman–Crippen LogP) is 14.8. The Morgan fingerprint density at radius 1 is 0.283 bits per heavy atom. The minimum absolute atomic E-state index is 0.128. The first-order valence-electron chi connectivity index (χ1n) is 18.7. The van der Waals surface area contributed by atoms with Crippen LogP contribution >= 0.6 is 0 Å². The van der Waals surface area contributed by atoms with Gasteiger partial charge in [0, 0.05) is 5.41 Å². The molecule has 0 fully saturated rings. The Hall–Kier alpha value is -6.50. The van der Waals surface area contributed by atoms with Crippen LogP contribution in [0.15, 0.2) is 182 Å². The van der Waals surface area contributed by atoms with Gasteiger partial charge in [0.1, 0.15) is 0 Å². The van der Waals surface area contributed by atoms with E-state index in [9.17, 15) is 0 Å². The maximum Gasteiger partial charge on any atom is 0.0159 e. The van der Waals surface area contributed by atoms with Crippen molar-refractivity contribution in [3.8, 4) is 44.5 Å². The molecule has 0 nitrogen and oxygen atoms in total. The molecule has 248 valence electrons. The van der Waals surface area contributed by atoms with Crippen molar-refractivity contribution in [3.05, 3.63) is 193 Å². The average Bonchev–Trinajstić information content (AvgIpc) is 3.44. The maximum atomic E-state index is 2.46. The Balaban J connectivity index is 1.04. The van der Waals surface area contributed by atoms with Crippen molar-refractivity contribution in [1.29, 1.82) is 0 Å². The quantitative estimate of drug-likeness (QED) is 0.164. The Morgan fingerprint density at radius 2 is 0.792 bits per heavy atom. The van der Waals surface area contributed by atoms with Crippen LogP contribution in [0.1, 0.15) is 25.0 Å². The lowest BCUT2D eigenvalue weighted by Crippen LogP contribution is -2.15. The van der Waals surface area contributed by atoms with E-state index < -0.39 is 0 Å². The third-order valence-corrected chi connectivity index (χ3v) is 12.0. The summed E-state index contributed by atoms with van der Waals surface area (Å²) in [5.41, 5.74) is 13.0. The minimum Gasteiger partial charge on any atom is -0.0616 e. The summed E-state index contributed by atoms with van der Waals surface area (Å²) in [4.78, 5) is 0. The second-order valence-corrected chi connectivity index (χ2v) is 15.3. The molecule has 0 spiro atoms. The van der Waals surface area contributed by atoms with E-state index in [1.807, 2.05) is 0 Å². The Kier molecular flexibility index (Phi) is 6.40. The molecule has 53 heavy (non-hydrogen) atoms. The lowest BCUT2D eigenvalue weighted by Gasteiger charge is -2.23. The summed E-state index contributed by atoms with van der Waals surface area (Å²) in [6, 6.07) is 68.0. The van der Waals surface area contributed by atoms with E-state index in [4.69, 9.17) is 0 Å². The Morgan fingerprint density at radius 3 is 1.58 bits per heavy atom. The third-order valence-electron chi connectivity index (χ3n) is 12.0. The Labute approximate surface area is 309 Å². The van der Waals surface area contributed by atoms with Crippen molar-refractivity contribution < 1.29 is 0 Å². The zero-order valence-corrected chi connectivity index (χ0v) is 29.8. The summed E-state index contributed by atoms with van der Waals surface area (Å²) in [6.45, 7) is 4.78. The summed E-state index contributed by atoms with van der Waals surface area (Å²) in [6.07, 6.45) is 0. The average molecular weight is 673 g/mol. The lowest BCUT2D eigenvalue weighted by molar-refractivity contribution is 0.661. The standard InChI is InChI=1S/C53H36/c1-53(2)50-31-37(36-23-21-33-11-3-4-13-35(33)29-36)25-27-46(50)47-28-26-38(32-51(47)53)40-17-9-19-43-42(40)18-10-20-44(43)49-30-39-24-22-34-12-5-6-14-41(34)52(39)48-16-8-7-15-45(48)49/h3-32H,1-2H3. The van der Waals surface area contributed by atoms with Gasteiger partial charge in [-0.2, -0.15) is 0 Å². The van der Waals surface area contributed by atoms with Gasteiger partial charge in [-0.15, -0.1) is 0 Å². The zero-order valence-electron chi connectivity index (χ0n) is 29.8. The van der Waals surface area contributed by atoms with E-state index in [0.717, 1.165) is 0 Å². The lowest BCUT2D eigenvalue weighted by atomic mass is 9.80. The predicted molar refractivity (Wildman–Crippen MR) is 228 cm³/mol. The molecule has 0 heteroatoms. The zero-order chi connectivity index (χ0) is 35.3. The number of hydrogen-bond acceptors (Lipinski definition) is 0. The first kappa shape index (κ1) is 30.2. The van der Waals surface area contributed by atoms with E-state index in [-0.39, 0.29) is 5.41 Å². The number of hydrogen-bond donors (Lipinski definition) is 0. The smallest absolute Gasteiger partial charge is 0.0159 e. The molecule has 0 radical (unpaired) electrons. The van der Waals surface area contributed by atoms with Gasteiger partial charge in [0.2, 0.25) is 0 Å². The van der Waals surface area contributed by atoms with Crippen LogP contribution in [0.5, 0.6) is 0 Å². The molecule has 0 aliphatic heterocycles. The minimum atomic E-state index is -0.128. The van der Waals surface area contributed by atoms with E-state index in [1.54, 1.807) is 0 Å². The molecule has 10 aromatic carbocycles. The summed E-state index contributed by atoms with van der Waals surface area (Å²) in [5.74, 6) is 0. The highest BCUT2D eigenvalue weighted by molar-refractivity contribution is 6.24. The van der Waals surface area contributed by atoms with Crippen molar-refractivity contribution in [1.82, 2.24) is 0 Å². The van der Waals surface area contributed by atoms with Crippen molar-refractivity contribution >= 4 is 53.9 Å². The van der Waals surface area contributed by atoms with Crippen LogP contribution in [-0.4, -0.2) is 0 Å². The molecular weight excluding hydrogens is 637 g/mol. The molecule has 0 aromatic heterocycles. The van der Waals surface area contributed by atoms with Crippen molar-refractivity contribution in [2.75, 3.05) is 0 Å². The van der Waals surface area contributed by atoms with E-state index in [1.165, 1.54) is 109 Å². The van der Waals surface area contributed by atoms with Gasteiger partial charge in [-0.25, -0.2) is 0 Å². The molecular formula is C53H36. The highest BCUT2D eigenvalue weighted by Gasteiger charge is 2.36. The highest BCUT2D eigenvalue weighted by Crippen LogP contribution is 2.51. The Bertz CT molecular complexity index is 3140. The summed E-state index contributed by atoms with van der Waals surface area (Å²) >= 11 is 0. The molecule has 1 aliphatic rings. The van der Waals surface area contributed by atoms with Crippen LogP contribution in [0.25, 0.3) is 98.4 Å². The van der Waals surface area contributed by atoms with Crippen LogP contribution in [-0.2, 0) is 5.41 Å². The van der Waals surface area contributed by atoms with Gasteiger partial charge < -0.3 is 0 Å². The molecule has 0 heterocycles. The van der Waals surface area contributed by atoms with Crippen LogP contribution in [0.2, 0.25) is 0 Å². The summed E-state index contributed by atoms with van der Waals surface area (Å²) in [7, 11) is 0. The SMILES string of the molecule is CC1(C)c2cc(-c3ccc4ccccc4c3)ccc2-c2ccc(-c3cccc4c(-c5cc6ccc7ccccc7c6c6ccccc56)cccc34)cc21. The van der Waals surface area contributed by atoms with Gasteiger partial charge in [-0.1, -0.05) is 172 Å². The van der Waals surface area contributed by atoms with Crippen molar-refractivity contribution in [2.45, 2.75) is 19.3 Å². The number of benzene rings is 10. The fraction of sp³-hybridized carbons (Fsp3) is 0.0566. The van der Waals surface area contributed by atoms with Gasteiger partial charge in [0.25, 0.3) is 0 Å². The topological polar surface area (TPSA) is 0 Å². The molecule has 11 rings (SSSR count). The first-order chi connectivity index (χ1) is 26.0. The molecule has 0 bridgehead atoms. The molecule has 0 saturated carbocycles. The van der Waals surface area contributed by atoms with Gasteiger partial charge in [-0.05, 0) is 134 Å². The molecule has 0 atom stereocenters. The fourth-order valence-corrected chi connectivity index (χ4v) is 9.35. The van der Waals surface area contributed by atoms with Gasteiger partial charge in [0.15, 0.2) is 0 Å². The van der Waals surface area contributed by atoms with E-state index in [2.05, 4.69) is 196 Å². The summed E-state index contributed by atoms with van der Waals surface area (Å²) < 4.78 is 0. The van der Waals surface area contributed by atoms with Crippen LogP contribution in [0.4, 0.5) is 0 Å². The molecule has 1 aliphatic carbocycles. The second kappa shape index (κ2) is 11.2. The van der Waals surface area contributed by atoms with Crippen LogP contribution in [0, 0.1) is 0 Å². The number of fused-ring (bicyclic) bond motifs is 10. The monoisotopic (exact) mass is 672 g/mol. The molecule has 0 unspecified atom stereocenters. The van der Waals surface area contributed by atoms with Gasteiger partial charge in [0.05, 0.1) is 0 Å². The normalized spacial score (nSPS) is 13.2.